The molecule has 0 radical (unpaired) electrons. The molecule has 20 heavy (non-hydrogen) atoms. The highest BCUT2D eigenvalue weighted by atomic mass is 16.4. The summed E-state index contributed by atoms with van der Waals surface area (Å²) in [6.07, 6.45) is 0. The minimum absolute atomic E-state index is 0.223. The zero-order valence-electron chi connectivity index (χ0n) is 12.0. The van der Waals surface area contributed by atoms with Crippen molar-refractivity contribution in [3.05, 3.63) is 35.4 Å². The van der Waals surface area contributed by atoms with E-state index >= 15 is 0 Å². The fraction of sp³-hybridized carbons (Fsp3) is 0.467. The molecule has 0 aliphatic rings. The summed E-state index contributed by atoms with van der Waals surface area (Å²) >= 11 is 0. The van der Waals surface area contributed by atoms with Gasteiger partial charge in [0, 0.05) is 6.54 Å². The summed E-state index contributed by atoms with van der Waals surface area (Å²) in [5.41, 5.74) is 1.98. The van der Waals surface area contributed by atoms with Gasteiger partial charge in [0.2, 0.25) is 0 Å². The van der Waals surface area contributed by atoms with Gasteiger partial charge in [-0.15, -0.1) is 0 Å². The number of benzene rings is 1. The van der Waals surface area contributed by atoms with Crippen molar-refractivity contribution in [3.8, 4) is 6.07 Å². The van der Waals surface area contributed by atoms with Crippen LogP contribution in [-0.2, 0) is 11.3 Å². The van der Waals surface area contributed by atoms with Gasteiger partial charge >= 0.3 is 5.97 Å². The molecule has 0 saturated carbocycles. The first kappa shape index (κ1) is 16.2. The van der Waals surface area contributed by atoms with E-state index in [1.807, 2.05) is 24.3 Å². The molecule has 1 rings (SSSR count). The molecule has 2 N–H and O–H groups in total. The first-order valence-corrected chi connectivity index (χ1v) is 6.76. The van der Waals surface area contributed by atoms with Crippen molar-refractivity contribution in [2.45, 2.75) is 26.4 Å². The monoisotopic (exact) mass is 275 g/mol. The van der Waals surface area contributed by atoms with Crippen molar-refractivity contribution in [2.75, 3.05) is 19.6 Å². The molecule has 0 aliphatic carbocycles. The maximum absolute atomic E-state index is 10.5. The third kappa shape index (κ3) is 5.00. The molecule has 0 heterocycles. The summed E-state index contributed by atoms with van der Waals surface area (Å²) in [5, 5.41) is 20.4. The van der Waals surface area contributed by atoms with Gasteiger partial charge in [0.25, 0.3) is 0 Å². The van der Waals surface area contributed by atoms with Gasteiger partial charge in [-0.05, 0) is 24.2 Å². The lowest BCUT2D eigenvalue weighted by molar-refractivity contribution is -0.136. The number of nitrogens with one attached hydrogen (secondary N) is 1. The maximum atomic E-state index is 10.5. The van der Waals surface area contributed by atoms with Gasteiger partial charge in [0.05, 0.1) is 12.6 Å². The largest absolute Gasteiger partial charge is 0.480 e. The van der Waals surface area contributed by atoms with Crippen molar-refractivity contribution < 1.29 is 9.90 Å². The summed E-state index contributed by atoms with van der Waals surface area (Å²) in [7, 11) is 0. The Labute approximate surface area is 119 Å². The van der Waals surface area contributed by atoms with E-state index in [1.165, 1.54) is 5.56 Å². The summed E-state index contributed by atoms with van der Waals surface area (Å²) in [6, 6.07) is 9.21. The summed E-state index contributed by atoms with van der Waals surface area (Å²) in [6.45, 7) is 6.91. The molecular weight excluding hydrogens is 254 g/mol. The third-order valence-electron chi connectivity index (χ3n) is 3.20. The first-order chi connectivity index (χ1) is 9.60. The fourth-order valence-electron chi connectivity index (χ4n) is 1.95. The number of nitrogens with zero attached hydrogens (tertiary/aromatic N) is 2. The van der Waals surface area contributed by atoms with Gasteiger partial charge in [0.15, 0.2) is 0 Å². The van der Waals surface area contributed by atoms with E-state index in [0.29, 0.717) is 0 Å². The molecular formula is C15H21N3O2. The molecule has 0 spiro atoms. The quantitative estimate of drug-likeness (QED) is 0.756. The average molecular weight is 275 g/mol. The number of carbonyl (C=O) groups is 1. The maximum Gasteiger partial charge on any atom is 0.317 e. The number of carboxylic acids is 1. The van der Waals surface area contributed by atoms with Crippen LogP contribution in [0.25, 0.3) is 0 Å². The van der Waals surface area contributed by atoms with Gasteiger partial charge in [-0.1, -0.05) is 38.1 Å². The molecule has 5 heteroatoms. The Morgan fingerprint density at radius 2 is 1.95 bits per heavy atom. The molecule has 1 unspecified atom stereocenters. The van der Waals surface area contributed by atoms with Crippen LogP contribution in [-0.4, -0.2) is 35.6 Å². The average Bonchev–Trinajstić information content (AvgIpc) is 2.46. The van der Waals surface area contributed by atoms with E-state index in [4.69, 9.17) is 10.4 Å². The predicted molar refractivity (Wildman–Crippen MR) is 77.1 cm³/mol. The molecule has 0 fully saturated rings. The number of rotatable bonds is 8. The number of hydrogen-bond acceptors (Lipinski definition) is 4. The van der Waals surface area contributed by atoms with Crippen LogP contribution in [0.15, 0.2) is 24.3 Å². The second-order valence-corrected chi connectivity index (χ2v) is 4.54. The number of carboxylic acid groups (broad SMARTS) is 1. The SMILES string of the molecule is CCN(CC)Cc1ccc(C(C#N)NCC(=O)O)cc1. The molecule has 1 atom stereocenters. The van der Waals surface area contributed by atoms with E-state index in [9.17, 15) is 4.79 Å². The van der Waals surface area contributed by atoms with Crippen molar-refractivity contribution in [1.82, 2.24) is 10.2 Å². The highest BCUT2D eigenvalue weighted by Crippen LogP contribution is 2.14. The van der Waals surface area contributed by atoms with E-state index in [2.05, 4.69) is 30.1 Å². The molecule has 0 aliphatic heterocycles. The van der Waals surface area contributed by atoms with E-state index in [1.54, 1.807) is 0 Å². The molecule has 0 bridgehead atoms. The van der Waals surface area contributed by atoms with Crippen LogP contribution in [0.4, 0.5) is 0 Å². The van der Waals surface area contributed by atoms with Crippen LogP contribution in [0, 0.1) is 11.3 Å². The Morgan fingerprint density at radius 3 is 2.40 bits per heavy atom. The topological polar surface area (TPSA) is 76.4 Å². The highest BCUT2D eigenvalue weighted by molar-refractivity contribution is 5.69. The summed E-state index contributed by atoms with van der Waals surface area (Å²) in [5.74, 6) is -0.969. The lowest BCUT2D eigenvalue weighted by atomic mass is 10.1. The van der Waals surface area contributed by atoms with Crippen molar-refractivity contribution in [2.24, 2.45) is 0 Å². The van der Waals surface area contributed by atoms with Crippen LogP contribution in [0.3, 0.4) is 0 Å². The fourth-order valence-corrected chi connectivity index (χ4v) is 1.95. The minimum atomic E-state index is -0.969. The van der Waals surface area contributed by atoms with Crippen molar-refractivity contribution >= 4 is 5.97 Å². The number of aliphatic carboxylic acids is 1. The predicted octanol–water partition coefficient (Wildman–Crippen LogP) is 1.77. The Morgan fingerprint density at radius 1 is 1.35 bits per heavy atom. The van der Waals surface area contributed by atoms with Gasteiger partial charge in [-0.25, -0.2) is 0 Å². The van der Waals surface area contributed by atoms with E-state index in [-0.39, 0.29) is 6.54 Å². The zero-order chi connectivity index (χ0) is 15.0. The highest BCUT2D eigenvalue weighted by Gasteiger charge is 2.11. The van der Waals surface area contributed by atoms with E-state index in [0.717, 1.165) is 25.2 Å². The van der Waals surface area contributed by atoms with Crippen LogP contribution < -0.4 is 5.32 Å². The van der Waals surface area contributed by atoms with Crippen molar-refractivity contribution in [3.63, 3.8) is 0 Å². The number of nitriles is 1. The zero-order valence-corrected chi connectivity index (χ0v) is 12.0. The van der Waals surface area contributed by atoms with Gasteiger partial charge in [-0.2, -0.15) is 5.26 Å². The minimum Gasteiger partial charge on any atom is -0.480 e. The van der Waals surface area contributed by atoms with Crippen molar-refractivity contribution in [1.29, 1.82) is 5.26 Å². The second kappa shape index (κ2) is 8.31. The van der Waals surface area contributed by atoms with Gasteiger partial charge < -0.3 is 5.11 Å². The summed E-state index contributed by atoms with van der Waals surface area (Å²) in [4.78, 5) is 12.8. The Balaban J connectivity index is 2.69. The molecule has 0 aromatic heterocycles. The first-order valence-electron chi connectivity index (χ1n) is 6.76. The molecule has 0 saturated heterocycles. The van der Waals surface area contributed by atoms with Gasteiger partial charge in [0.1, 0.15) is 6.04 Å². The Kier molecular flexibility index (Phi) is 6.71. The van der Waals surface area contributed by atoms with Crippen LogP contribution in [0.2, 0.25) is 0 Å². The van der Waals surface area contributed by atoms with E-state index < -0.39 is 12.0 Å². The molecule has 108 valence electrons. The lowest BCUT2D eigenvalue weighted by Crippen LogP contribution is -2.26. The Hall–Kier alpha value is -1.90. The second-order valence-electron chi connectivity index (χ2n) is 4.54. The lowest BCUT2D eigenvalue weighted by Gasteiger charge is -2.18. The number of hydrogen-bond donors (Lipinski definition) is 2. The van der Waals surface area contributed by atoms with Crippen LogP contribution in [0.5, 0.6) is 0 Å². The van der Waals surface area contributed by atoms with Gasteiger partial charge in [-0.3, -0.25) is 15.0 Å². The normalized spacial score (nSPS) is 12.1. The Bertz CT molecular complexity index is 461. The molecule has 1 aromatic rings. The van der Waals surface area contributed by atoms with Crippen LogP contribution >= 0.6 is 0 Å². The molecule has 1 aromatic carbocycles. The summed E-state index contributed by atoms with van der Waals surface area (Å²) < 4.78 is 0. The molecule has 0 amide bonds. The smallest absolute Gasteiger partial charge is 0.317 e. The standard InChI is InChI=1S/C15H21N3O2/c1-3-18(4-2)11-12-5-7-13(8-6-12)14(9-16)17-10-15(19)20/h5-8,14,17H,3-4,10-11H2,1-2H3,(H,19,20). The third-order valence-corrected chi connectivity index (χ3v) is 3.20. The van der Waals surface area contributed by atoms with Crippen LogP contribution in [0.1, 0.15) is 31.0 Å². The molecule has 5 nitrogen and oxygen atoms in total.